The first kappa shape index (κ1) is 9.01. The highest BCUT2D eigenvalue weighted by atomic mass is 35.5. The van der Waals surface area contributed by atoms with Gasteiger partial charge in [0.1, 0.15) is 0 Å². The molecule has 3 aromatic rings. The Labute approximate surface area is 96.3 Å². The van der Waals surface area contributed by atoms with Crippen LogP contribution in [0.3, 0.4) is 0 Å². The van der Waals surface area contributed by atoms with E-state index >= 15 is 0 Å². The van der Waals surface area contributed by atoms with Gasteiger partial charge in [-0.2, -0.15) is 0 Å². The topological polar surface area (TPSA) is 15.8 Å². The maximum Gasteiger partial charge on any atom is 0.0566 e. The standard InChI is InChI=1S/C12H8ClNS/c13-9-4-3-8-6-11(14-10(8)7-9)12-2-1-5-15-12/h1-7,14H. The minimum atomic E-state index is 0.766. The summed E-state index contributed by atoms with van der Waals surface area (Å²) in [7, 11) is 0. The van der Waals surface area contributed by atoms with Crippen molar-refractivity contribution in [1.82, 2.24) is 4.98 Å². The molecule has 3 heteroatoms. The van der Waals surface area contributed by atoms with Crippen molar-refractivity contribution in [3.63, 3.8) is 0 Å². The lowest BCUT2D eigenvalue weighted by atomic mass is 10.2. The number of aromatic nitrogens is 1. The molecule has 3 rings (SSSR count). The second-order valence-corrected chi connectivity index (χ2v) is 4.78. The van der Waals surface area contributed by atoms with E-state index in [9.17, 15) is 0 Å². The highest BCUT2D eigenvalue weighted by molar-refractivity contribution is 7.13. The molecule has 1 aromatic carbocycles. The van der Waals surface area contributed by atoms with E-state index in [-0.39, 0.29) is 0 Å². The molecule has 0 amide bonds. The number of H-pyrrole nitrogens is 1. The van der Waals surface area contributed by atoms with Crippen molar-refractivity contribution in [3.05, 3.63) is 46.8 Å². The summed E-state index contributed by atoms with van der Waals surface area (Å²) in [5, 5.41) is 4.04. The largest absolute Gasteiger partial charge is 0.354 e. The molecule has 2 aromatic heterocycles. The van der Waals surface area contributed by atoms with Gasteiger partial charge in [0.2, 0.25) is 0 Å². The zero-order valence-corrected chi connectivity index (χ0v) is 9.40. The normalized spacial score (nSPS) is 11.0. The van der Waals surface area contributed by atoms with E-state index < -0.39 is 0 Å². The third kappa shape index (κ3) is 1.56. The van der Waals surface area contributed by atoms with Gasteiger partial charge in [0, 0.05) is 15.9 Å². The Morgan fingerprint density at radius 3 is 2.87 bits per heavy atom. The Bertz CT molecular complexity index is 595. The van der Waals surface area contributed by atoms with Crippen LogP contribution in [0, 0.1) is 0 Å². The summed E-state index contributed by atoms with van der Waals surface area (Å²) < 4.78 is 0. The van der Waals surface area contributed by atoms with E-state index in [1.54, 1.807) is 11.3 Å². The number of thiophene rings is 1. The molecule has 0 unspecified atom stereocenters. The summed E-state index contributed by atoms with van der Waals surface area (Å²) in [4.78, 5) is 4.62. The number of hydrogen-bond acceptors (Lipinski definition) is 1. The molecule has 0 spiro atoms. The van der Waals surface area contributed by atoms with Crippen LogP contribution in [-0.4, -0.2) is 4.98 Å². The predicted molar refractivity (Wildman–Crippen MR) is 66.6 cm³/mol. The number of aromatic amines is 1. The van der Waals surface area contributed by atoms with Crippen molar-refractivity contribution in [2.75, 3.05) is 0 Å². The first-order chi connectivity index (χ1) is 7.33. The molecule has 0 atom stereocenters. The Morgan fingerprint density at radius 2 is 2.07 bits per heavy atom. The van der Waals surface area contributed by atoms with Crippen LogP contribution in [0.4, 0.5) is 0 Å². The highest BCUT2D eigenvalue weighted by Crippen LogP contribution is 2.28. The number of rotatable bonds is 1. The average Bonchev–Trinajstić information content (AvgIpc) is 2.84. The third-order valence-corrected chi connectivity index (χ3v) is 3.51. The fourth-order valence-electron chi connectivity index (χ4n) is 1.66. The molecule has 0 aliphatic heterocycles. The maximum absolute atomic E-state index is 5.94. The quantitative estimate of drug-likeness (QED) is 0.635. The first-order valence-electron chi connectivity index (χ1n) is 4.65. The van der Waals surface area contributed by atoms with Crippen molar-refractivity contribution >= 4 is 33.8 Å². The van der Waals surface area contributed by atoms with Gasteiger partial charge >= 0.3 is 0 Å². The van der Waals surface area contributed by atoms with Gasteiger partial charge in [-0.05, 0) is 29.6 Å². The minimum Gasteiger partial charge on any atom is -0.354 e. The van der Waals surface area contributed by atoms with E-state index in [0.29, 0.717) is 0 Å². The van der Waals surface area contributed by atoms with Gasteiger partial charge < -0.3 is 4.98 Å². The Kier molecular flexibility index (Phi) is 2.04. The van der Waals surface area contributed by atoms with Crippen LogP contribution in [-0.2, 0) is 0 Å². The molecule has 0 saturated heterocycles. The number of fused-ring (bicyclic) bond motifs is 1. The van der Waals surface area contributed by atoms with E-state index in [1.165, 1.54) is 10.3 Å². The zero-order chi connectivity index (χ0) is 10.3. The number of nitrogens with one attached hydrogen (secondary N) is 1. The minimum absolute atomic E-state index is 0.766. The maximum atomic E-state index is 5.94. The highest BCUT2D eigenvalue weighted by Gasteiger charge is 2.03. The Morgan fingerprint density at radius 1 is 1.13 bits per heavy atom. The third-order valence-electron chi connectivity index (χ3n) is 2.37. The summed E-state index contributed by atoms with van der Waals surface area (Å²) in [6.07, 6.45) is 0. The van der Waals surface area contributed by atoms with E-state index in [0.717, 1.165) is 16.2 Å². The Hall–Kier alpha value is -1.25. The molecule has 0 fully saturated rings. The number of halogens is 1. The zero-order valence-electron chi connectivity index (χ0n) is 7.83. The lowest BCUT2D eigenvalue weighted by Gasteiger charge is -1.90. The van der Waals surface area contributed by atoms with Crippen LogP contribution < -0.4 is 0 Å². The molecule has 1 N–H and O–H groups in total. The number of benzene rings is 1. The van der Waals surface area contributed by atoms with Gasteiger partial charge in [-0.3, -0.25) is 0 Å². The summed E-state index contributed by atoms with van der Waals surface area (Å²) in [5.41, 5.74) is 2.24. The molecule has 0 aliphatic rings. The molecule has 0 bridgehead atoms. The van der Waals surface area contributed by atoms with Crippen LogP contribution >= 0.6 is 22.9 Å². The smallest absolute Gasteiger partial charge is 0.0566 e. The number of hydrogen-bond donors (Lipinski definition) is 1. The molecule has 15 heavy (non-hydrogen) atoms. The van der Waals surface area contributed by atoms with Crippen molar-refractivity contribution < 1.29 is 0 Å². The monoisotopic (exact) mass is 233 g/mol. The molecule has 1 nitrogen and oxygen atoms in total. The van der Waals surface area contributed by atoms with Gasteiger partial charge in [0.15, 0.2) is 0 Å². The molecule has 0 radical (unpaired) electrons. The van der Waals surface area contributed by atoms with Gasteiger partial charge in [0.25, 0.3) is 0 Å². The summed E-state index contributed by atoms with van der Waals surface area (Å²) >= 11 is 7.67. The van der Waals surface area contributed by atoms with Crippen LogP contribution in [0.2, 0.25) is 5.02 Å². The lowest BCUT2D eigenvalue weighted by Crippen LogP contribution is -1.69. The SMILES string of the molecule is Clc1ccc2cc(-c3cccs3)[nH]c2c1. The fourth-order valence-corrected chi connectivity index (χ4v) is 2.53. The summed E-state index contributed by atoms with van der Waals surface area (Å²) in [6.45, 7) is 0. The van der Waals surface area contributed by atoms with Gasteiger partial charge in [-0.1, -0.05) is 23.7 Å². The van der Waals surface area contributed by atoms with Gasteiger partial charge in [0.05, 0.1) is 10.6 Å². The fraction of sp³-hybridized carbons (Fsp3) is 0. The van der Waals surface area contributed by atoms with Crippen LogP contribution in [0.5, 0.6) is 0 Å². The molecule has 2 heterocycles. The van der Waals surface area contributed by atoms with E-state index in [2.05, 4.69) is 28.6 Å². The van der Waals surface area contributed by atoms with E-state index in [4.69, 9.17) is 11.6 Å². The van der Waals surface area contributed by atoms with E-state index in [1.807, 2.05) is 18.2 Å². The second kappa shape index (κ2) is 3.40. The summed E-state index contributed by atoms with van der Waals surface area (Å²) in [5.74, 6) is 0. The molecule has 0 saturated carbocycles. The summed E-state index contributed by atoms with van der Waals surface area (Å²) in [6, 6.07) is 12.2. The second-order valence-electron chi connectivity index (χ2n) is 3.39. The first-order valence-corrected chi connectivity index (χ1v) is 5.91. The molecule has 74 valence electrons. The van der Waals surface area contributed by atoms with Crippen molar-refractivity contribution in [1.29, 1.82) is 0 Å². The van der Waals surface area contributed by atoms with Crippen molar-refractivity contribution in [3.8, 4) is 10.6 Å². The van der Waals surface area contributed by atoms with Crippen molar-refractivity contribution in [2.24, 2.45) is 0 Å². The van der Waals surface area contributed by atoms with Crippen molar-refractivity contribution in [2.45, 2.75) is 0 Å². The lowest BCUT2D eigenvalue weighted by molar-refractivity contribution is 1.48. The van der Waals surface area contributed by atoms with Crippen LogP contribution in [0.25, 0.3) is 21.5 Å². The Balaban J connectivity index is 2.22. The van der Waals surface area contributed by atoms with Gasteiger partial charge in [-0.15, -0.1) is 11.3 Å². The molecular formula is C12H8ClNS. The van der Waals surface area contributed by atoms with Gasteiger partial charge in [-0.25, -0.2) is 0 Å². The molecular weight excluding hydrogens is 226 g/mol. The predicted octanol–water partition coefficient (Wildman–Crippen LogP) is 4.55. The van der Waals surface area contributed by atoms with Crippen LogP contribution in [0.1, 0.15) is 0 Å². The van der Waals surface area contributed by atoms with Crippen LogP contribution in [0.15, 0.2) is 41.8 Å². The molecule has 0 aliphatic carbocycles. The average molecular weight is 234 g/mol.